The van der Waals surface area contributed by atoms with E-state index >= 15 is 0 Å². The van der Waals surface area contributed by atoms with Crippen molar-refractivity contribution in [2.75, 3.05) is 33.8 Å². The van der Waals surface area contributed by atoms with E-state index in [1.807, 2.05) is 28.9 Å². The van der Waals surface area contributed by atoms with Crippen molar-refractivity contribution in [1.82, 2.24) is 30.0 Å². The average Bonchev–Trinajstić information content (AvgIpc) is 3.32. The van der Waals surface area contributed by atoms with Crippen LogP contribution in [0.3, 0.4) is 0 Å². The number of rotatable bonds is 7. The number of ether oxygens (including phenoxy) is 1. The van der Waals surface area contributed by atoms with Gasteiger partial charge in [0.15, 0.2) is 5.65 Å². The van der Waals surface area contributed by atoms with E-state index in [2.05, 4.69) is 27.2 Å². The van der Waals surface area contributed by atoms with Gasteiger partial charge in [-0.2, -0.15) is 5.10 Å². The first-order valence-corrected chi connectivity index (χ1v) is 9.89. The minimum absolute atomic E-state index is 0.0292. The minimum atomic E-state index is -0.0292. The Balaban J connectivity index is 1.40. The second-order valence-electron chi connectivity index (χ2n) is 7.46. The number of likely N-dealkylation sites (tertiary alicyclic amines) is 1. The molecule has 0 radical (unpaired) electrons. The zero-order valence-electron chi connectivity index (χ0n) is 16.8. The second kappa shape index (κ2) is 8.57. The maximum Gasteiger partial charge on any atom is 0.224 e. The lowest BCUT2D eigenvalue weighted by Gasteiger charge is -2.08. The van der Waals surface area contributed by atoms with Gasteiger partial charge < -0.3 is 15.0 Å². The summed E-state index contributed by atoms with van der Waals surface area (Å²) in [5, 5.41) is 7.78. The molecule has 29 heavy (non-hydrogen) atoms. The molecule has 2 aromatic heterocycles. The summed E-state index contributed by atoms with van der Waals surface area (Å²) in [4.78, 5) is 23.6. The minimum Gasteiger partial charge on any atom is -0.497 e. The van der Waals surface area contributed by atoms with E-state index in [-0.39, 0.29) is 5.91 Å². The van der Waals surface area contributed by atoms with Crippen LogP contribution in [-0.4, -0.2) is 64.3 Å². The van der Waals surface area contributed by atoms with Gasteiger partial charge in [0, 0.05) is 31.4 Å². The SMILES string of the molecule is COc1cccc(CC(=O)NCCn2nc([C@@H]3CCN(C)C3)c3nccnc32)c1. The highest BCUT2D eigenvalue weighted by molar-refractivity contribution is 5.78. The summed E-state index contributed by atoms with van der Waals surface area (Å²) in [6.45, 7) is 3.10. The van der Waals surface area contributed by atoms with E-state index in [9.17, 15) is 4.79 Å². The van der Waals surface area contributed by atoms with Crippen LogP contribution in [0.4, 0.5) is 0 Å². The third-order valence-electron chi connectivity index (χ3n) is 5.32. The predicted molar refractivity (Wildman–Crippen MR) is 110 cm³/mol. The number of benzene rings is 1. The molecule has 4 rings (SSSR count). The smallest absolute Gasteiger partial charge is 0.224 e. The fourth-order valence-electron chi connectivity index (χ4n) is 3.85. The largest absolute Gasteiger partial charge is 0.497 e. The Morgan fingerprint density at radius 1 is 1.31 bits per heavy atom. The Morgan fingerprint density at radius 2 is 2.17 bits per heavy atom. The van der Waals surface area contributed by atoms with Gasteiger partial charge in [0.1, 0.15) is 11.3 Å². The highest BCUT2D eigenvalue weighted by atomic mass is 16.5. The Labute approximate surface area is 169 Å². The molecule has 0 aliphatic carbocycles. The lowest BCUT2D eigenvalue weighted by Crippen LogP contribution is -2.29. The molecular weight excluding hydrogens is 368 g/mol. The fraction of sp³-hybridized carbons (Fsp3) is 0.429. The highest BCUT2D eigenvalue weighted by Gasteiger charge is 2.27. The summed E-state index contributed by atoms with van der Waals surface area (Å²) in [6, 6.07) is 7.55. The van der Waals surface area contributed by atoms with Crippen molar-refractivity contribution in [3.63, 3.8) is 0 Å². The van der Waals surface area contributed by atoms with Crippen molar-refractivity contribution in [2.24, 2.45) is 0 Å². The van der Waals surface area contributed by atoms with E-state index in [1.165, 1.54) is 0 Å². The first kappa shape index (κ1) is 19.3. The Hall–Kier alpha value is -3.00. The van der Waals surface area contributed by atoms with Gasteiger partial charge in [0.2, 0.25) is 5.91 Å². The molecule has 0 unspecified atom stereocenters. The molecule has 0 spiro atoms. The zero-order valence-corrected chi connectivity index (χ0v) is 16.8. The Morgan fingerprint density at radius 3 is 2.97 bits per heavy atom. The molecule has 1 saturated heterocycles. The number of fused-ring (bicyclic) bond motifs is 1. The van der Waals surface area contributed by atoms with E-state index in [4.69, 9.17) is 9.84 Å². The molecule has 1 aliphatic rings. The monoisotopic (exact) mass is 394 g/mol. The summed E-state index contributed by atoms with van der Waals surface area (Å²) in [5.74, 6) is 1.10. The van der Waals surface area contributed by atoms with E-state index in [0.717, 1.165) is 47.7 Å². The van der Waals surface area contributed by atoms with Crippen molar-refractivity contribution in [2.45, 2.75) is 25.3 Å². The molecule has 1 atom stereocenters. The number of nitrogens with zero attached hydrogens (tertiary/aromatic N) is 5. The van der Waals surface area contributed by atoms with Crippen molar-refractivity contribution >= 4 is 17.1 Å². The number of amides is 1. The molecule has 1 amide bonds. The predicted octanol–water partition coefficient (Wildman–Crippen LogP) is 1.61. The van der Waals surface area contributed by atoms with Gasteiger partial charge >= 0.3 is 0 Å². The molecular formula is C21H26N6O2. The van der Waals surface area contributed by atoms with Crippen LogP contribution in [0.15, 0.2) is 36.7 Å². The number of hydrogen-bond acceptors (Lipinski definition) is 6. The second-order valence-corrected chi connectivity index (χ2v) is 7.46. The number of likely N-dealkylation sites (N-methyl/N-ethyl adjacent to an activating group) is 1. The van der Waals surface area contributed by atoms with Gasteiger partial charge in [-0.05, 0) is 37.7 Å². The van der Waals surface area contributed by atoms with Crippen molar-refractivity contribution < 1.29 is 9.53 Å². The molecule has 8 nitrogen and oxygen atoms in total. The first-order valence-electron chi connectivity index (χ1n) is 9.89. The number of hydrogen-bond donors (Lipinski definition) is 1. The summed E-state index contributed by atoms with van der Waals surface area (Å²) in [6.07, 6.45) is 4.80. The quantitative estimate of drug-likeness (QED) is 0.655. The van der Waals surface area contributed by atoms with Gasteiger partial charge in [-0.15, -0.1) is 0 Å². The van der Waals surface area contributed by atoms with Gasteiger partial charge in [-0.25, -0.2) is 14.6 Å². The number of carbonyl (C=O) groups excluding carboxylic acids is 1. The molecule has 3 aromatic rings. The van der Waals surface area contributed by atoms with Crippen LogP contribution in [0.1, 0.15) is 23.6 Å². The molecule has 8 heteroatoms. The fourth-order valence-corrected chi connectivity index (χ4v) is 3.85. The number of methoxy groups -OCH3 is 1. The van der Waals surface area contributed by atoms with Crippen molar-refractivity contribution in [3.05, 3.63) is 47.9 Å². The molecule has 1 N–H and O–H groups in total. The van der Waals surface area contributed by atoms with Crippen molar-refractivity contribution in [3.8, 4) is 5.75 Å². The van der Waals surface area contributed by atoms with Crippen molar-refractivity contribution in [1.29, 1.82) is 0 Å². The summed E-state index contributed by atoms with van der Waals surface area (Å²) >= 11 is 0. The lowest BCUT2D eigenvalue weighted by atomic mass is 10.0. The number of aromatic nitrogens is 4. The van der Waals surface area contributed by atoms with Gasteiger partial charge in [-0.3, -0.25) is 4.79 Å². The third-order valence-corrected chi connectivity index (χ3v) is 5.32. The summed E-state index contributed by atoms with van der Waals surface area (Å²) in [5.41, 5.74) is 3.58. The van der Waals surface area contributed by atoms with Crippen LogP contribution >= 0.6 is 0 Å². The number of carbonyl (C=O) groups is 1. The molecule has 0 bridgehead atoms. The van der Waals surface area contributed by atoms with Gasteiger partial charge in [-0.1, -0.05) is 12.1 Å². The van der Waals surface area contributed by atoms with Crippen LogP contribution in [0.5, 0.6) is 5.75 Å². The zero-order chi connectivity index (χ0) is 20.2. The molecule has 3 heterocycles. The van der Waals surface area contributed by atoms with Crippen LogP contribution in [0.2, 0.25) is 0 Å². The highest BCUT2D eigenvalue weighted by Crippen LogP contribution is 2.29. The molecule has 152 valence electrons. The lowest BCUT2D eigenvalue weighted by molar-refractivity contribution is -0.120. The average molecular weight is 394 g/mol. The maximum absolute atomic E-state index is 12.3. The molecule has 1 aliphatic heterocycles. The first-order chi connectivity index (χ1) is 14.1. The topological polar surface area (TPSA) is 85.2 Å². The van der Waals surface area contributed by atoms with Gasteiger partial charge in [0.05, 0.1) is 25.8 Å². The van der Waals surface area contributed by atoms with Crippen LogP contribution in [0.25, 0.3) is 11.2 Å². The van der Waals surface area contributed by atoms with Crippen LogP contribution in [-0.2, 0) is 17.8 Å². The normalized spacial score (nSPS) is 17.0. The summed E-state index contributed by atoms with van der Waals surface area (Å²) < 4.78 is 7.07. The molecule has 1 fully saturated rings. The van der Waals surface area contributed by atoms with E-state index in [1.54, 1.807) is 19.5 Å². The van der Waals surface area contributed by atoms with Crippen LogP contribution in [0, 0.1) is 0 Å². The number of nitrogens with one attached hydrogen (secondary N) is 1. The van der Waals surface area contributed by atoms with E-state index < -0.39 is 0 Å². The Bertz CT molecular complexity index is 1000. The summed E-state index contributed by atoms with van der Waals surface area (Å²) in [7, 11) is 3.75. The third kappa shape index (κ3) is 4.37. The van der Waals surface area contributed by atoms with Gasteiger partial charge in [0.25, 0.3) is 0 Å². The van der Waals surface area contributed by atoms with E-state index in [0.29, 0.717) is 25.4 Å². The molecule has 0 saturated carbocycles. The standard InChI is InChI=1S/C21H26N6O2/c1-26-10-6-16(14-26)19-20-21(24-8-7-23-20)27(25-19)11-9-22-18(28)13-15-4-3-5-17(12-15)29-2/h3-5,7-8,12,16H,6,9-11,13-14H2,1-2H3,(H,22,28)/t16-/m1/s1. The Kier molecular flexibility index (Phi) is 5.71. The molecule has 1 aromatic carbocycles. The van der Waals surface area contributed by atoms with Crippen LogP contribution < -0.4 is 10.1 Å². The maximum atomic E-state index is 12.3.